The predicted molar refractivity (Wildman–Crippen MR) is 188 cm³/mol. The summed E-state index contributed by atoms with van der Waals surface area (Å²) >= 11 is 0. The molecule has 2 saturated carbocycles. The average Bonchev–Trinajstić information content (AvgIpc) is 3.83. The monoisotopic (exact) mass is 702 g/mol. The molecule has 3 aliphatic heterocycles. The first kappa shape index (κ1) is 38.5. The lowest BCUT2D eigenvalue weighted by Crippen LogP contribution is -2.58. The third-order valence-corrected chi connectivity index (χ3v) is 11.2. The van der Waals surface area contributed by atoms with Gasteiger partial charge in [-0.25, -0.2) is 0 Å². The van der Waals surface area contributed by atoms with Crippen LogP contribution in [0.25, 0.3) is 0 Å². The van der Waals surface area contributed by atoms with Crippen LogP contribution in [0.15, 0.2) is 36.4 Å². The van der Waals surface area contributed by atoms with Crippen molar-refractivity contribution >= 4 is 0 Å². The summed E-state index contributed by atoms with van der Waals surface area (Å²) in [5.74, 6) is 2.66. The first-order chi connectivity index (χ1) is 24.2. The minimum absolute atomic E-state index is 0.0551. The second-order valence-corrected chi connectivity index (χ2v) is 14.2. The van der Waals surface area contributed by atoms with E-state index in [1.54, 1.807) is 28.4 Å². The topological polar surface area (TPSA) is 144 Å². The number of aliphatic hydroxyl groups excluding tert-OH is 2. The molecule has 0 amide bonds. The molecule has 3 spiro atoms. The number of benzene rings is 2. The van der Waals surface area contributed by atoms with Gasteiger partial charge in [0.1, 0.15) is 23.0 Å². The lowest BCUT2D eigenvalue weighted by Gasteiger charge is -2.55. The van der Waals surface area contributed by atoms with E-state index < -0.39 is 5.79 Å². The van der Waals surface area contributed by atoms with E-state index in [0.717, 1.165) is 99.9 Å². The Bertz CT molecular complexity index is 1320. The van der Waals surface area contributed by atoms with Gasteiger partial charge < -0.3 is 53.8 Å². The molecule has 50 heavy (non-hydrogen) atoms. The molecule has 12 nitrogen and oxygen atoms in total. The quantitative estimate of drug-likeness (QED) is 0.344. The summed E-state index contributed by atoms with van der Waals surface area (Å²) < 4.78 is 43.8. The van der Waals surface area contributed by atoms with E-state index in [4.69, 9.17) is 43.6 Å². The lowest BCUT2D eigenvalue weighted by molar-refractivity contribution is -0.205. The molecule has 5 aliphatic rings. The molecule has 0 unspecified atom stereocenters. The summed E-state index contributed by atoms with van der Waals surface area (Å²) in [4.78, 5) is 2.51. The van der Waals surface area contributed by atoms with E-state index in [0.29, 0.717) is 25.2 Å². The van der Waals surface area contributed by atoms with E-state index in [9.17, 15) is 10.2 Å². The number of nitrogens with two attached hydrogens (primary N) is 1. The molecule has 3 heterocycles. The van der Waals surface area contributed by atoms with Crippen LogP contribution in [0.5, 0.6) is 23.0 Å². The number of rotatable bonds is 9. The summed E-state index contributed by atoms with van der Waals surface area (Å²) in [6, 6.07) is 11.7. The van der Waals surface area contributed by atoms with Gasteiger partial charge in [-0.15, -0.1) is 0 Å². The van der Waals surface area contributed by atoms with Crippen LogP contribution in [0, 0.1) is 10.8 Å². The summed E-state index contributed by atoms with van der Waals surface area (Å²) in [6.07, 6.45) is 7.65. The van der Waals surface area contributed by atoms with E-state index in [2.05, 4.69) is 11.0 Å². The van der Waals surface area contributed by atoms with Crippen molar-refractivity contribution in [2.75, 3.05) is 81.2 Å². The van der Waals surface area contributed by atoms with Crippen LogP contribution >= 0.6 is 0 Å². The molecule has 0 radical (unpaired) electrons. The molecule has 0 atom stereocenters. The maximum absolute atomic E-state index is 9.23. The third-order valence-electron chi connectivity index (χ3n) is 11.2. The van der Waals surface area contributed by atoms with Crippen LogP contribution in [0.4, 0.5) is 0 Å². The molecule has 280 valence electrons. The van der Waals surface area contributed by atoms with Crippen molar-refractivity contribution in [3.63, 3.8) is 0 Å². The molecule has 2 aliphatic carbocycles. The van der Waals surface area contributed by atoms with Crippen LogP contribution in [0.1, 0.15) is 62.5 Å². The largest absolute Gasteiger partial charge is 0.497 e. The summed E-state index contributed by atoms with van der Waals surface area (Å²) in [5, 5.41) is 18.5. The fraction of sp³-hybridized carbons (Fsp3) is 0.684. The summed E-state index contributed by atoms with van der Waals surface area (Å²) in [5.41, 5.74) is 7.87. The number of nitrogens with zero attached hydrogens (tertiary/aromatic N) is 1. The van der Waals surface area contributed by atoms with Crippen LogP contribution in [-0.2, 0) is 32.0 Å². The van der Waals surface area contributed by atoms with Gasteiger partial charge in [-0.05, 0) is 43.2 Å². The standard InChI is InChI=1S/C19H27NO4.C10H18O4.C9H13NO2/c1-21-16-4-3-15(17(11-16)22-2)12-20-13-18(14-20)5-7-19(8-6-18)23-9-10-24-19;11-7-9(8-12)1-3-10(4-2-9)13-5-6-14-10;1-11-8-4-3-7(6-10)9(5-8)12-2/h3-4,11H,5-10,12-14H2,1-2H3;11-12H,1-8H2;3-5H,6,10H2,1-2H3. The van der Waals surface area contributed by atoms with Crippen molar-refractivity contribution in [1.82, 2.24) is 4.90 Å². The van der Waals surface area contributed by atoms with Gasteiger partial charge >= 0.3 is 0 Å². The highest BCUT2D eigenvalue weighted by Gasteiger charge is 2.51. The number of hydrogen-bond donors (Lipinski definition) is 3. The number of aliphatic hydroxyl groups is 2. The molecule has 3 saturated heterocycles. The zero-order valence-corrected chi connectivity index (χ0v) is 30.4. The van der Waals surface area contributed by atoms with Crippen LogP contribution < -0.4 is 24.7 Å². The molecule has 7 rings (SSSR count). The fourth-order valence-electron chi connectivity index (χ4n) is 7.83. The van der Waals surface area contributed by atoms with Gasteiger partial charge in [-0.2, -0.15) is 0 Å². The van der Waals surface area contributed by atoms with Crippen LogP contribution in [0.3, 0.4) is 0 Å². The number of likely N-dealkylation sites (tertiary alicyclic amines) is 1. The molecule has 0 aromatic heterocycles. The molecular formula is C38H58N2O10. The van der Waals surface area contributed by atoms with E-state index in [1.165, 1.54) is 18.4 Å². The third kappa shape index (κ3) is 9.02. The van der Waals surface area contributed by atoms with E-state index in [1.807, 2.05) is 30.3 Å². The molecule has 4 N–H and O–H groups in total. The minimum Gasteiger partial charge on any atom is -0.497 e. The van der Waals surface area contributed by atoms with Crippen molar-refractivity contribution in [3.8, 4) is 23.0 Å². The van der Waals surface area contributed by atoms with Crippen molar-refractivity contribution in [3.05, 3.63) is 47.5 Å². The van der Waals surface area contributed by atoms with Crippen molar-refractivity contribution < 1.29 is 48.1 Å². The highest BCUT2D eigenvalue weighted by molar-refractivity contribution is 5.41. The molecule has 2 aromatic rings. The Balaban J connectivity index is 0.000000159. The number of methoxy groups -OCH3 is 4. The van der Waals surface area contributed by atoms with Gasteiger partial charge in [0.25, 0.3) is 0 Å². The summed E-state index contributed by atoms with van der Waals surface area (Å²) in [7, 11) is 6.64. The smallest absolute Gasteiger partial charge is 0.168 e. The van der Waals surface area contributed by atoms with Gasteiger partial charge in [-0.1, -0.05) is 12.1 Å². The van der Waals surface area contributed by atoms with Crippen molar-refractivity contribution in [2.24, 2.45) is 16.6 Å². The van der Waals surface area contributed by atoms with Crippen molar-refractivity contribution in [1.29, 1.82) is 0 Å². The fourth-order valence-corrected chi connectivity index (χ4v) is 7.83. The van der Waals surface area contributed by atoms with Gasteiger partial charge in [0.05, 0.1) is 68.1 Å². The van der Waals surface area contributed by atoms with E-state index in [-0.39, 0.29) is 24.4 Å². The second kappa shape index (κ2) is 17.2. The molecule has 2 aromatic carbocycles. The lowest BCUT2D eigenvalue weighted by atomic mass is 9.67. The SMILES string of the molecule is COc1ccc(CN)c(OC)c1.COc1ccc(CN2CC3(CCC4(CC3)OCCO4)C2)c(OC)c1.OCC1(CO)CCC2(CC1)OCCO2. The molecule has 12 heteroatoms. The first-order valence-electron chi connectivity index (χ1n) is 17.8. The van der Waals surface area contributed by atoms with Gasteiger partial charge in [0.15, 0.2) is 11.6 Å². The Morgan fingerprint density at radius 3 is 1.48 bits per heavy atom. The zero-order valence-electron chi connectivity index (χ0n) is 30.4. The maximum atomic E-state index is 9.23. The normalized spacial score (nSPS) is 22.5. The second-order valence-electron chi connectivity index (χ2n) is 14.2. The van der Waals surface area contributed by atoms with Gasteiger partial charge in [0, 0.05) is 80.5 Å². The Morgan fingerprint density at radius 2 is 1.06 bits per heavy atom. The van der Waals surface area contributed by atoms with Crippen LogP contribution in [-0.4, -0.2) is 108 Å². The Morgan fingerprint density at radius 1 is 0.620 bits per heavy atom. The Kier molecular flexibility index (Phi) is 13.3. The zero-order chi connectivity index (χ0) is 35.7. The van der Waals surface area contributed by atoms with Crippen LogP contribution in [0.2, 0.25) is 0 Å². The minimum atomic E-state index is -0.395. The number of ether oxygens (including phenoxy) is 8. The van der Waals surface area contributed by atoms with Gasteiger partial charge in [0.2, 0.25) is 0 Å². The predicted octanol–water partition coefficient (Wildman–Crippen LogP) is 4.26. The highest BCUT2D eigenvalue weighted by Crippen LogP contribution is 2.50. The number of hydrogen-bond acceptors (Lipinski definition) is 12. The van der Waals surface area contributed by atoms with Gasteiger partial charge in [-0.3, -0.25) is 4.90 Å². The van der Waals surface area contributed by atoms with Crippen molar-refractivity contribution in [2.45, 2.75) is 76.0 Å². The van der Waals surface area contributed by atoms with E-state index >= 15 is 0 Å². The average molecular weight is 703 g/mol. The molecule has 0 bridgehead atoms. The molecular weight excluding hydrogens is 644 g/mol. The Hall–Kier alpha value is -2.68. The summed E-state index contributed by atoms with van der Waals surface area (Å²) in [6.45, 7) is 6.72. The molecule has 5 fully saturated rings. The highest BCUT2D eigenvalue weighted by atomic mass is 16.7. The maximum Gasteiger partial charge on any atom is 0.168 e. The first-order valence-corrected chi connectivity index (χ1v) is 17.8. The Labute approximate surface area is 297 Å².